The van der Waals surface area contributed by atoms with Crippen LogP contribution in [-0.2, 0) is 10.9 Å². The van der Waals surface area contributed by atoms with Crippen molar-refractivity contribution in [3.63, 3.8) is 0 Å². The molecule has 2 N–H and O–H groups in total. The van der Waals surface area contributed by atoms with Crippen LogP contribution in [0.25, 0.3) is 0 Å². The highest BCUT2D eigenvalue weighted by Crippen LogP contribution is 2.31. The van der Waals surface area contributed by atoms with Gasteiger partial charge < -0.3 is 15.4 Å². The third kappa shape index (κ3) is 3.87. The van der Waals surface area contributed by atoms with Gasteiger partial charge in [-0.15, -0.1) is 0 Å². The van der Waals surface area contributed by atoms with Gasteiger partial charge in [0.25, 0.3) is 0 Å². The molecule has 2 rings (SSSR count). The maximum Gasteiger partial charge on any atom is 0.416 e. The maximum atomic E-state index is 12.5. The number of alkyl halides is 3. The number of benzene rings is 1. The number of likely N-dealkylation sites (tertiary alicyclic amines) is 1. The van der Waals surface area contributed by atoms with E-state index in [1.165, 1.54) is 0 Å². The molecule has 0 radical (unpaired) electrons. The van der Waals surface area contributed by atoms with Crippen molar-refractivity contribution in [2.45, 2.75) is 25.1 Å². The van der Waals surface area contributed by atoms with Crippen molar-refractivity contribution in [3.8, 4) is 0 Å². The van der Waals surface area contributed by atoms with Gasteiger partial charge in [-0.1, -0.05) is 0 Å². The molecular weight excluding hydrogens is 285 g/mol. The van der Waals surface area contributed by atoms with E-state index in [2.05, 4.69) is 4.90 Å². The van der Waals surface area contributed by atoms with Crippen LogP contribution in [-0.4, -0.2) is 37.1 Å². The molecule has 1 aliphatic heterocycles. The summed E-state index contributed by atoms with van der Waals surface area (Å²) in [6.45, 7) is 1.64. The first-order valence-electron chi connectivity index (χ1n) is 6.63. The smallest absolute Gasteiger partial charge is 0.416 e. The minimum absolute atomic E-state index is 0.0260. The summed E-state index contributed by atoms with van der Waals surface area (Å²) in [6, 6.07) is 2.66. The number of nitrogen functional groups attached to an aromatic ring is 1. The fourth-order valence-electron chi connectivity index (χ4n) is 2.24. The number of ether oxygens (including phenoxy) is 1. The summed E-state index contributed by atoms with van der Waals surface area (Å²) in [5.41, 5.74) is 4.41. The van der Waals surface area contributed by atoms with Gasteiger partial charge >= 0.3 is 12.1 Å². The SMILES string of the molecule is CN1CCC(OC(=O)c2ccc(C(F)(F)F)cc2N)CC1. The second-order valence-corrected chi connectivity index (χ2v) is 5.21. The average molecular weight is 302 g/mol. The first kappa shape index (κ1) is 15.6. The Morgan fingerprint density at radius 2 is 1.95 bits per heavy atom. The van der Waals surface area contributed by atoms with Gasteiger partial charge in [0.05, 0.1) is 11.1 Å². The molecule has 0 aliphatic carbocycles. The molecule has 1 saturated heterocycles. The topological polar surface area (TPSA) is 55.6 Å². The number of hydrogen-bond donors (Lipinski definition) is 1. The van der Waals surface area contributed by atoms with Crippen molar-refractivity contribution in [1.29, 1.82) is 0 Å². The lowest BCUT2D eigenvalue weighted by molar-refractivity contribution is -0.137. The van der Waals surface area contributed by atoms with Gasteiger partial charge in [0.1, 0.15) is 6.10 Å². The Morgan fingerprint density at radius 3 is 2.48 bits per heavy atom. The molecule has 1 heterocycles. The molecule has 0 aromatic heterocycles. The molecule has 0 bridgehead atoms. The number of carbonyl (C=O) groups is 1. The average Bonchev–Trinajstić information content (AvgIpc) is 2.40. The van der Waals surface area contributed by atoms with Crippen molar-refractivity contribution < 1.29 is 22.7 Å². The number of hydrogen-bond acceptors (Lipinski definition) is 4. The number of halogens is 3. The van der Waals surface area contributed by atoms with Crippen LogP contribution in [0.15, 0.2) is 18.2 Å². The summed E-state index contributed by atoms with van der Waals surface area (Å²) >= 11 is 0. The first-order valence-corrected chi connectivity index (χ1v) is 6.63. The molecule has 21 heavy (non-hydrogen) atoms. The molecule has 1 aliphatic rings. The molecule has 0 saturated carbocycles. The van der Waals surface area contributed by atoms with Gasteiger partial charge in [0.2, 0.25) is 0 Å². The largest absolute Gasteiger partial charge is 0.459 e. The number of nitrogens with two attached hydrogens (primary N) is 1. The molecule has 1 aromatic carbocycles. The fraction of sp³-hybridized carbons (Fsp3) is 0.500. The number of carbonyl (C=O) groups excluding carboxylic acids is 1. The third-order valence-electron chi connectivity index (χ3n) is 3.54. The highest BCUT2D eigenvalue weighted by molar-refractivity contribution is 5.95. The minimum atomic E-state index is -4.48. The summed E-state index contributed by atoms with van der Waals surface area (Å²) in [5, 5.41) is 0. The van der Waals surface area contributed by atoms with Crippen LogP contribution >= 0.6 is 0 Å². The van der Waals surface area contributed by atoms with Gasteiger partial charge in [-0.05, 0) is 38.1 Å². The molecule has 1 fully saturated rings. The van der Waals surface area contributed by atoms with Crippen molar-refractivity contribution in [3.05, 3.63) is 29.3 Å². The van der Waals surface area contributed by atoms with Crippen molar-refractivity contribution >= 4 is 11.7 Å². The number of nitrogens with zero attached hydrogens (tertiary/aromatic N) is 1. The first-order chi connectivity index (χ1) is 9.77. The summed E-state index contributed by atoms with van der Waals surface area (Å²) in [7, 11) is 1.98. The molecule has 0 spiro atoms. The number of piperidine rings is 1. The lowest BCUT2D eigenvalue weighted by Gasteiger charge is -2.28. The summed E-state index contributed by atoms with van der Waals surface area (Å²) < 4.78 is 42.9. The normalized spacial score (nSPS) is 17.7. The van der Waals surface area contributed by atoms with Crippen LogP contribution in [0, 0.1) is 0 Å². The summed E-state index contributed by atoms with van der Waals surface area (Å²) in [5.74, 6) is -0.671. The zero-order chi connectivity index (χ0) is 15.6. The van der Waals surface area contributed by atoms with E-state index in [0.29, 0.717) is 12.8 Å². The van der Waals surface area contributed by atoms with Crippen LogP contribution < -0.4 is 5.73 Å². The van der Waals surface area contributed by atoms with Crippen LogP contribution in [0.5, 0.6) is 0 Å². The van der Waals surface area contributed by atoms with Crippen LogP contribution in [0.1, 0.15) is 28.8 Å². The van der Waals surface area contributed by atoms with Gasteiger partial charge in [-0.25, -0.2) is 4.79 Å². The van der Waals surface area contributed by atoms with Crippen LogP contribution in [0.4, 0.5) is 18.9 Å². The van der Waals surface area contributed by atoms with E-state index < -0.39 is 17.7 Å². The van der Waals surface area contributed by atoms with Crippen LogP contribution in [0.3, 0.4) is 0 Å². The molecule has 116 valence electrons. The van der Waals surface area contributed by atoms with E-state index in [0.717, 1.165) is 31.3 Å². The standard InChI is InChI=1S/C14H17F3N2O2/c1-19-6-4-10(5-7-19)21-13(20)11-3-2-9(8-12(11)18)14(15,16)17/h2-3,8,10H,4-7,18H2,1H3. The zero-order valence-electron chi connectivity index (χ0n) is 11.6. The van der Waals surface area contributed by atoms with Gasteiger partial charge in [-0.2, -0.15) is 13.2 Å². The number of esters is 1. The van der Waals surface area contributed by atoms with E-state index in [4.69, 9.17) is 10.5 Å². The number of anilines is 1. The Morgan fingerprint density at radius 1 is 1.33 bits per heavy atom. The Bertz CT molecular complexity index is 523. The van der Waals surface area contributed by atoms with Gasteiger partial charge in [0.15, 0.2) is 0 Å². The Balaban J connectivity index is 2.06. The lowest BCUT2D eigenvalue weighted by Crippen LogP contribution is -2.35. The maximum absolute atomic E-state index is 12.5. The Hall–Kier alpha value is -1.76. The van der Waals surface area contributed by atoms with E-state index in [-0.39, 0.29) is 17.4 Å². The predicted octanol–water partition coefficient (Wildman–Crippen LogP) is 2.54. The lowest BCUT2D eigenvalue weighted by atomic mass is 10.1. The third-order valence-corrected chi connectivity index (χ3v) is 3.54. The number of rotatable bonds is 2. The molecule has 4 nitrogen and oxygen atoms in total. The molecule has 0 unspecified atom stereocenters. The molecular formula is C14H17F3N2O2. The van der Waals surface area contributed by atoms with E-state index in [1.807, 2.05) is 7.05 Å². The summed E-state index contributed by atoms with van der Waals surface area (Å²) in [6.07, 6.45) is -3.27. The molecule has 0 atom stereocenters. The van der Waals surface area contributed by atoms with Gasteiger partial charge in [0, 0.05) is 18.8 Å². The Labute approximate surface area is 120 Å². The Kier molecular flexibility index (Phi) is 4.41. The molecule has 1 aromatic rings. The highest BCUT2D eigenvalue weighted by atomic mass is 19.4. The van der Waals surface area contributed by atoms with Crippen LogP contribution in [0.2, 0.25) is 0 Å². The van der Waals surface area contributed by atoms with E-state index in [1.54, 1.807) is 0 Å². The van der Waals surface area contributed by atoms with Gasteiger partial charge in [-0.3, -0.25) is 0 Å². The van der Waals surface area contributed by atoms with E-state index >= 15 is 0 Å². The van der Waals surface area contributed by atoms with Crippen molar-refractivity contribution in [2.24, 2.45) is 0 Å². The molecule has 7 heteroatoms. The second kappa shape index (κ2) is 5.93. The monoisotopic (exact) mass is 302 g/mol. The van der Waals surface area contributed by atoms with Crippen molar-refractivity contribution in [2.75, 3.05) is 25.9 Å². The molecule has 0 amide bonds. The quantitative estimate of drug-likeness (QED) is 0.674. The zero-order valence-corrected chi connectivity index (χ0v) is 11.6. The minimum Gasteiger partial charge on any atom is -0.459 e. The second-order valence-electron chi connectivity index (χ2n) is 5.21. The highest BCUT2D eigenvalue weighted by Gasteiger charge is 2.31. The van der Waals surface area contributed by atoms with Crippen molar-refractivity contribution in [1.82, 2.24) is 4.90 Å². The van der Waals surface area contributed by atoms with E-state index in [9.17, 15) is 18.0 Å². The fourth-order valence-corrected chi connectivity index (χ4v) is 2.24. The summed E-state index contributed by atoms with van der Waals surface area (Å²) in [4.78, 5) is 14.1. The predicted molar refractivity (Wildman–Crippen MR) is 71.8 cm³/mol.